The molecule has 1 amide bonds. The van der Waals surface area contributed by atoms with E-state index in [1.54, 1.807) is 0 Å². The lowest BCUT2D eigenvalue weighted by molar-refractivity contribution is -0.149. The minimum Gasteiger partial charge on any atom is -0.340 e. The molecule has 0 radical (unpaired) electrons. The van der Waals surface area contributed by atoms with Gasteiger partial charge in [-0.1, -0.05) is 13.8 Å². The highest BCUT2D eigenvalue weighted by Crippen LogP contribution is 2.61. The van der Waals surface area contributed by atoms with Crippen molar-refractivity contribution in [1.29, 1.82) is 0 Å². The largest absolute Gasteiger partial charge is 0.340 e. The second-order valence-corrected chi connectivity index (χ2v) is 8.24. The first kappa shape index (κ1) is 14.0. The van der Waals surface area contributed by atoms with Gasteiger partial charge in [0.1, 0.15) is 6.04 Å². The minimum absolute atomic E-state index is 0.109. The van der Waals surface area contributed by atoms with Gasteiger partial charge < -0.3 is 10.2 Å². The van der Waals surface area contributed by atoms with E-state index in [0.717, 1.165) is 57.0 Å². The number of hydrogen-bond donors (Lipinski definition) is 1. The Hall–Kier alpha value is -0.610. The highest BCUT2D eigenvalue weighted by Gasteiger charge is 2.54. The monoisotopic (exact) mass is 291 g/mol. The Morgan fingerprint density at radius 3 is 2.86 bits per heavy atom. The fourth-order valence-corrected chi connectivity index (χ4v) is 5.47. The lowest BCUT2D eigenvalue weighted by Gasteiger charge is -2.61. The maximum absolute atomic E-state index is 12.8. The first-order valence-corrected chi connectivity index (χ1v) is 8.81. The minimum atomic E-state index is 0.109. The summed E-state index contributed by atoms with van der Waals surface area (Å²) in [6, 6.07) is 0.109. The van der Waals surface area contributed by atoms with Gasteiger partial charge in [0.05, 0.1) is 0 Å². The molecule has 1 N–H and O–H groups in total. The molecule has 3 saturated carbocycles. The van der Waals surface area contributed by atoms with Gasteiger partial charge in [-0.15, -0.1) is 0 Å². The number of amides is 1. The fourth-order valence-electron chi connectivity index (χ4n) is 5.47. The van der Waals surface area contributed by atoms with Gasteiger partial charge in [0, 0.05) is 39.3 Å². The van der Waals surface area contributed by atoms with E-state index in [0.29, 0.717) is 11.3 Å². The van der Waals surface area contributed by atoms with Crippen LogP contribution in [-0.4, -0.2) is 61.0 Å². The normalized spacial score (nSPS) is 42.4. The molecule has 5 fully saturated rings. The van der Waals surface area contributed by atoms with Gasteiger partial charge in [-0.3, -0.25) is 9.69 Å². The average Bonchev–Trinajstić information content (AvgIpc) is 2.50. The van der Waals surface area contributed by atoms with Gasteiger partial charge in [0.2, 0.25) is 5.91 Å². The standard InChI is InChI=1S/C17H29N3O/c1-17(2)13-4-3-12(14(17)9-13)11-20-8-7-19-6-5-18-10-15(19)16(20)21/h12-15,18H,3-11H2,1-2H3/t12-,13?,14?,15-/m1/s1. The molecule has 2 unspecified atom stereocenters. The van der Waals surface area contributed by atoms with Crippen LogP contribution in [0.2, 0.25) is 0 Å². The third kappa shape index (κ3) is 2.14. The summed E-state index contributed by atoms with van der Waals surface area (Å²) >= 11 is 0. The smallest absolute Gasteiger partial charge is 0.241 e. The van der Waals surface area contributed by atoms with Crippen LogP contribution in [0.3, 0.4) is 0 Å². The quantitative estimate of drug-likeness (QED) is 0.830. The van der Waals surface area contributed by atoms with E-state index in [4.69, 9.17) is 0 Å². The summed E-state index contributed by atoms with van der Waals surface area (Å²) in [5.41, 5.74) is 0.528. The molecule has 4 atom stereocenters. The van der Waals surface area contributed by atoms with Gasteiger partial charge >= 0.3 is 0 Å². The molecule has 0 aromatic heterocycles. The topological polar surface area (TPSA) is 35.6 Å². The SMILES string of the molecule is CC1(C)C2CC[C@H](CN3CCN4CCNC[C@@H]4C3=O)C1C2. The Morgan fingerprint density at radius 1 is 1.24 bits per heavy atom. The molecule has 21 heavy (non-hydrogen) atoms. The fraction of sp³-hybridized carbons (Fsp3) is 0.941. The number of nitrogens with one attached hydrogen (secondary N) is 1. The van der Waals surface area contributed by atoms with Crippen molar-refractivity contribution in [3.8, 4) is 0 Å². The maximum atomic E-state index is 12.8. The van der Waals surface area contributed by atoms with E-state index in [1.807, 2.05) is 0 Å². The summed E-state index contributed by atoms with van der Waals surface area (Å²) in [4.78, 5) is 17.3. The predicted octanol–water partition coefficient (Wildman–Crippen LogP) is 1.17. The third-order valence-corrected chi connectivity index (χ3v) is 7.06. The van der Waals surface area contributed by atoms with Crippen LogP contribution in [0.25, 0.3) is 0 Å². The van der Waals surface area contributed by atoms with Crippen molar-refractivity contribution in [2.75, 3.05) is 39.3 Å². The van der Waals surface area contributed by atoms with Crippen molar-refractivity contribution in [2.24, 2.45) is 23.2 Å². The Morgan fingerprint density at radius 2 is 2.10 bits per heavy atom. The summed E-state index contributed by atoms with van der Waals surface area (Å²) in [5.74, 6) is 2.94. The van der Waals surface area contributed by atoms with Crippen LogP contribution in [0.15, 0.2) is 0 Å². The third-order valence-electron chi connectivity index (χ3n) is 7.06. The zero-order valence-electron chi connectivity index (χ0n) is 13.5. The summed E-state index contributed by atoms with van der Waals surface area (Å²) in [6.07, 6.45) is 4.14. The highest BCUT2D eigenvalue weighted by molar-refractivity contribution is 5.83. The highest BCUT2D eigenvalue weighted by atomic mass is 16.2. The lowest BCUT2D eigenvalue weighted by Crippen LogP contribution is -2.65. The second-order valence-electron chi connectivity index (χ2n) is 8.24. The molecule has 0 spiro atoms. The molecular formula is C17H29N3O. The Kier molecular flexibility index (Phi) is 3.30. The molecule has 5 rings (SSSR count). The predicted molar refractivity (Wildman–Crippen MR) is 82.9 cm³/mol. The average molecular weight is 291 g/mol. The van der Waals surface area contributed by atoms with Gasteiger partial charge in [-0.2, -0.15) is 0 Å². The molecule has 2 bridgehead atoms. The molecule has 0 aromatic carbocycles. The molecule has 5 aliphatic rings. The summed E-state index contributed by atoms with van der Waals surface area (Å²) in [6.45, 7) is 10.8. The van der Waals surface area contributed by atoms with E-state index in [9.17, 15) is 4.79 Å². The lowest BCUT2D eigenvalue weighted by atomic mass is 9.45. The summed E-state index contributed by atoms with van der Waals surface area (Å²) in [5, 5.41) is 3.38. The first-order valence-electron chi connectivity index (χ1n) is 8.81. The van der Waals surface area contributed by atoms with Crippen LogP contribution in [0.1, 0.15) is 33.1 Å². The number of fused-ring (bicyclic) bond motifs is 3. The van der Waals surface area contributed by atoms with Gasteiger partial charge in [0.15, 0.2) is 0 Å². The van der Waals surface area contributed by atoms with E-state index in [-0.39, 0.29) is 6.04 Å². The number of nitrogens with zero attached hydrogens (tertiary/aromatic N) is 2. The van der Waals surface area contributed by atoms with Crippen molar-refractivity contribution in [3.63, 3.8) is 0 Å². The Balaban J connectivity index is 1.42. The number of rotatable bonds is 2. The van der Waals surface area contributed by atoms with Crippen molar-refractivity contribution in [1.82, 2.24) is 15.1 Å². The van der Waals surface area contributed by atoms with Crippen LogP contribution in [0, 0.1) is 23.2 Å². The maximum Gasteiger partial charge on any atom is 0.241 e. The van der Waals surface area contributed by atoms with E-state index < -0.39 is 0 Å². The van der Waals surface area contributed by atoms with Crippen molar-refractivity contribution >= 4 is 5.91 Å². The summed E-state index contributed by atoms with van der Waals surface area (Å²) in [7, 11) is 0. The van der Waals surface area contributed by atoms with Crippen LogP contribution in [0.5, 0.6) is 0 Å². The van der Waals surface area contributed by atoms with Crippen molar-refractivity contribution < 1.29 is 4.79 Å². The molecule has 2 saturated heterocycles. The van der Waals surface area contributed by atoms with Gasteiger partial charge in [0.25, 0.3) is 0 Å². The molecule has 3 aliphatic carbocycles. The molecule has 4 heteroatoms. The van der Waals surface area contributed by atoms with Crippen molar-refractivity contribution in [3.05, 3.63) is 0 Å². The van der Waals surface area contributed by atoms with Crippen LogP contribution in [0.4, 0.5) is 0 Å². The van der Waals surface area contributed by atoms with Crippen molar-refractivity contribution in [2.45, 2.75) is 39.2 Å². The zero-order valence-corrected chi connectivity index (χ0v) is 13.5. The molecule has 2 aliphatic heterocycles. The number of carbonyl (C=O) groups excluding carboxylic acids is 1. The molecule has 0 aromatic rings. The van der Waals surface area contributed by atoms with E-state index in [2.05, 4.69) is 29.0 Å². The Labute approximate surface area is 128 Å². The van der Waals surface area contributed by atoms with Crippen LogP contribution < -0.4 is 5.32 Å². The first-order chi connectivity index (χ1) is 10.1. The Bertz CT molecular complexity index is 434. The molecule has 4 nitrogen and oxygen atoms in total. The van der Waals surface area contributed by atoms with Gasteiger partial charge in [-0.25, -0.2) is 0 Å². The number of carbonyl (C=O) groups is 1. The summed E-state index contributed by atoms with van der Waals surface area (Å²) < 4.78 is 0. The number of piperazine rings is 2. The van der Waals surface area contributed by atoms with E-state index in [1.165, 1.54) is 19.3 Å². The molecular weight excluding hydrogens is 262 g/mol. The number of hydrogen-bond acceptors (Lipinski definition) is 3. The van der Waals surface area contributed by atoms with E-state index >= 15 is 0 Å². The molecule has 118 valence electrons. The zero-order chi connectivity index (χ0) is 14.6. The second kappa shape index (κ2) is 4.95. The van der Waals surface area contributed by atoms with Crippen LogP contribution >= 0.6 is 0 Å². The van der Waals surface area contributed by atoms with Gasteiger partial charge in [-0.05, 0) is 42.4 Å². The molecule has 2 heterocycles. The van der Waals surface area contributed by atoms with Crippen LogP contribution in [-0.2, 0) is 4.79 Å².